The fourth-order valence-corrected chi connectivity index (χ4v) is 2.26. The zero-order chi connectivity index (χ0) is 13.5. The summed E-state index contributed by atoms with van der Waals surface area (Å²) in [4.78, 5) is 16.1. The predicted molar refractivity (Wildman–Crippen MR) is 69.4 cm³/mol. The molecule has 1 aromatic rings. The number of nitrogens with zero attached hydrogens (tertiary/aromatic N) is 5. The molecule has 1 aliphatic rings. The second-order valence-electron chi connectivity index (χ2n) is 4.72. The van der Waals surface area contributed by atoms with Crippen molar-refractivity contribution in [2.45, 2.75) is 19.4 Å². The Hall–Kier alpha value is -1.47. The number of carbonyl (C=O) groups excluding carboxylic acids is 1. The molecule has 2 heterocycles. The summed E-state index contributed by atoms with van der Waals surface area (Å²) in [6.07, 6.45) is 4.79. The molecule has 7 nitrogen and oxygen atoms in total. The van der Waals surface area contributed by atoms with Crippen molar-refractivity contribution in [2.75, 3.05) is 39.3 Å². The molecule has 1 N–H and O–H groups in total. The van der Waals surface area contributed by atoms with Gasteiger partial charge < -0.3 is 10.0 Å². The van der Waals surface area contributed by atoms with Crippen molar-refractivity contribution in [1.82, 2.24) is 24.8 Å². The quantitative estimate of drug-likeness (QED) is 0.730. The van der Waals surface area contributed by atoms with Gasteiger partial charge in [0.15, 0.2) is 0 Å². The van der Waals surface area contributed by atoms with E-state index in [2.05, 4.69) is 15.2 Å². The first kappa shape index (κ1) is 14.0. The largest absolute Gasteiger partial charge is 0.395 e. The first-order chi connectivity index (χ1) is 9.29. The molecule has 1 saturated heterocycles. The summed E-state index contributed by atoms with van der Waals surface area (Å²) in [6.45, 7) is 4.87. The van der Waals surface area contributed by atoms with Crippen LogP contribution in [0.15, 0.2) is 12.4 Å². The molecule has 0 radical (unpaired) electrons. The number of aryl methyl sites for hydroxylation is 1. The zero-order valence-electron chi connectivity index (χ0n) is 11.1. The van der Waals surface area contributed by atoms with Gasteiger partial charge in [-0.25, -0.2) is 0 Å². The highest BCUT2D eigenvalue weighted by Crippen LogP contribution is 2.05. The highest BCUT2D eigenvalue weighted by molar-refractivity contribution is 5.76. The van der Waals surface area contributed by atoms with Gasteiger partial charge >= 0.3 is 0 Å². The Morgan fingerprint density at radius 1 is 1.21 bits per heavy atom. The summed E-state index contributed by atoms with van der Waals surface area (Å²) in [5.74, 6) is 0.212. The number of hydrogen-bond donors (Lipinski definition) is 1. The van der Waals surface area contributed by atoms with Gasteiger partial charge in [-0.05, 0) is 6.42 Å². The monoisotopic (exact) mass is 267 g/mol. The third-order valence-electron chi connectivity index (χ3n) is 3.39. The van der Waals surface area contributed by atoms with Crippen LogP contribution in [0.1, 0.15) is 12.8 Å². The number of aromatic nitrogens is 3. The molecule has 1 aliphatic heterocycles. The number of aliphatic hydroxyl groups is 1. The van der Waals surface area contributed by atoms with Gasteiger partial charge in [0.05, 0.1) is 12.8 Å². The lowest BCUT2D eigenvalue weighted by Crippen LogP contribution is -2.49. The topological polar surface area (TPSA) is 74.5 Å². The average molecular weight is 267 g/mol. The maximum absolute atomic E-state index is 12.0. The van der Waals surface area contributed by atoms with Crippen molar-refractivity contribution in [3.05, 3.63) is 12.4 Å². The fourth-order valence-electron chi connectivity index (χ4n) is 2.26. The number of aliphatic hydroxyl groups excluding tert-OH is 1. The van der Waals surface area contributed by atoms with Gasteiger partial charge in [-0.3, -0.25) is 14.4 Å². The molecule has 0 spiro atoms. The highest BCUT2D eigenvalue weighted by atomic mass is 16.3. The third-order valence-corrected chi connectivity index (χ3v) is 3.39. The maximum atomic E-state index is 12.0. The summed E-state index contributed by atoms with van der Waals surface area (Å²) in [5, 5.41) is 16.5. The number of hydrogen-bond acceptors (Lipinski definition) is 5. The van der Waals surface area contributed by atoms with Crippen LogP contribution in [0.25, 0.3) is 0 Å². The van der Waals surface area contributed by atoms with E-state index < -0.39 is 0 Å². The maximum Gasteiger partial charge on any atom is 0.222 e. The Labute approximate surface area is 112 Å². The van der Waals surface area contributed by atoms with Crippen LogP contribution in [-0.4, -0.2) is 75.1 Å². The van der Waals surface area contributed by atoms with E-state index in [1.54, 1.807) is 17.1 Å². The molecule has 106 valence electrons. The number of carbonyl (C=O) groups is 1. The van der Waals surface area contributed by atoms with Crippen LogP contribution in [0.4, 0.5) is 0 Å². The minimum atomic E-state index is 0.186. The lowest BCUT2D eigenvalue weighted by atomic mass is 10.2. The molecule has 19 heavy (non-hydrogen) atoms. The van der Waals surface area contributed by atoms with Crippen molar-refractivity contribution in [3.8, 4) is 0 Å². The summed E-state index contributed by atoms with van der Waals surface area (Å²) in [7, 11) is 0. The van der Waals surface area contributed by atoms with Crippen molar-refractivity contribution in [3.63, 3.8) is 0 Å². The van der Waals surface area contributed by atoms with Gasteiger partial charge in [-0.2, -0.15) is 0 Å². The highest BCUT2D eigenvalue weighted by Gasteiger charge is 2.20. The summed E-state index contributed by atoms with van der Waals surface area (Å²) >= 11 is 0. The zero-order valence-corrected chi connectivity index (χ0v) is 11.1. The molecule has 0 saturated carbocycles. The molecular formula is C12H21N5O2. The van der Waals surface area contributed by atoms with Gasteiger partial charge in [-0.15, -0.1) is 5.10 Å². The normalized spacial score (nSPS) is 16.8. The molecule has 0 aliphatic carbocycles. The van der Waals surface area contributed by atoms with Crippen molar-refractivity contribution < 1.29 is 9.90 Å². The minimum absolute atomic E-state index is 0.186. The molecule has 0 bridgehead atoms. The van der Waals surface area contributed by atoms with Crippen LogP contribution in [0.3, 0.4) is 0 Å². The van der Waals surface area contributed by atoms with Gasteiger partial charge in [0.25, 0.3) is 0 Å². The minimum Gasteiger partial charge on any atom is -0.395 e. The second kappa shape index (κ2) is 7.20. The molecular weight excluding hydrogens is 246 g/mol. The molecule has 0 atom stereocenters. The molecule has 1 aromatic heterocycles. The Bertz CT molecular complexity index is 373. The molecule has 7 heteroatoms. The molecule has 1 amide bonds. The Morgan fingerprint density at radius 2 is 2.00 bits per heavy atom. The Balaban J connectivity index is 1.64. The molecule has 0 aromatic carbocycles. The van der Waals surface area contributed by atoms with E-state index >= 15 is 0 Å². The van der Waals surface area contributed by atoms with Crippen molar-refractivity contribution >= 4 is 5.91 Å². The van der Waals surface area contributed by atoms with E-state index in [-0.39, 0.29) is 12.5 Å². The Kier molecular flexibility index (Phi) is 5.29. The van der Waals surface area contributed by atoms with Gasteiger partial charge in [0, 0.05) is 51.9 Å². The van der Waals surface area contributed by atoms with Gasteiger partial charge in [0.2, 0.25) is 5.91 Å². The van der Waals surface area contributed by atoms with Crippen LogP contribution in [0.2, 0.25) is 0 Å². The number of rotatable bonds is 6. The standard InChI is InChI=1S/C12H21N5O2/c18-11-10-15-6-8-16(9-7-15)12(19)2-1-4-17-5-3-13-14-17/h3,5,18H,1-2,4,6-11H2. The van der Waals surface area contributed by atoms with Crippen LogP contribution in [0, 0.1) is 0 Å². The van der Waals surface area contributed by atoms with E-state index in [0.717, 1.165) is 39.1 Å². The summed E-state index contributed by atoms with van der Waals surface area (Å²) in [6, 6.07) is 0. The van der Waals surface area contributed by atoms with Crippen LogP contribution in [0.5, 0.6) is 0 Å². The van der Waals surface area contributed by atoms with Gasteiger partial charge in [0.1, 0.15) is 0 Å². The van der Waals surface area contributed by atoms with Crippen molar-refractivity contribution in [1.29, 1.82) is 0 Å². The second-order valence-corrected chi connectivity index (χ2v) is 4.72. The van der Waals surface area contributed by atoms with Crippen LogP contribution < -0.4 is 0 Å². The van der Waals surface area contributed by atoms with E-state index in [1.165, 1.54) is 0 Å². The first-order valence-corrected chi connectivity index (χ1v) is 6.74. The fraction of sp³-hybridized carbons (Fsp3) is 0.750. The van der Waals surface area contributed by atoms with E-state index in [1.807, 2.05) is 4.90 Å². The van der Waals surface area contributed by atoms with Crippen molar-refractivity contribution in [2.24, 2.45) is 0 Å². The molecule has 0 unspecified atom stereocenters. The lowest BCUT2D eigenvalue weighted by Gasteiger charge is -2.34. The molecule has 1 fully saturated rings. The van der Waals surface area contributed by atoms with E-state index in [0.29, 0.717) is 13.0 Å². The first-order valence-electron chi connectivity index (χ1n) is 6.74. The number of piperazine rings is 1. The smallest absolute Gasteiger partial charge is 0.222 e. The Morgan fingerprint density at radius 3 is 2.63 bits per heavy atom. The van der Waals surface area contributed by atoms with Crippen LogP contribution in [-0.2, 0) is 11.3 Å². The third kappa shape index (κ3) is 4.29. The van der Waals surface area contributed by atoms with Gasteiger partial charge in [-0.1, -0.05) is 5.21 Å². The summed E-state index contributed by atoms with van der Waals surface area (Å²) < 4.78 is 1.74. The number of amides is 1. The predicted octanol–water partition coefficient (Wildman–Crippen LogP) is -0.805. The lowest BCUT2D eigenvalue weighted by molar-refractivity contribution is -0.133. The summed E-state index contributed by atoms with van der Waals surface area (Å²) in [5.41, 5.74) is 0. The van der Waals surface area contributed by atoms with E-state index in [9.17, 15) is 4.79 Å². The SMILES string of the molecule is O=C(CCCn1ccnn1)N1CCN(CCO)CC1. The van der Waals surface area contributed by atoms with E-state index in [4.69, 9.17) is 5.11 Å². The molecule has 2 rings (SSSR count). The number of β-amino-alcohol motifs (C(OH)–C–C–N with tert-alkyl or cyclic N) is 1. The average Bonchev–Trinajstić information content (AvgIpc) is 2.93. The van der Waals surface area contributed by atoms with Crippen LogP contribution >= 0.6 is 0 Å².